The van der Waals surface area contributed by atoms with Crippen LogP contribution in [0.1, 0.15) is 36.0 Å². The van der Waals surface area contributed by atoms with Gasteiger partial charge < -0.3 is 15.0 Å². The third-order valence-electron chi connectivity index (χ3n) is 4.85. The molecule has 2 heterocycles. The number of rotatable bonds is 2. The second kappa shape index (κ2) is 6.06. The first-order valence-electron chi connectivity index (χ1n) is 7.87. The first-order valence-corrected chi connectivity index (χ1v) is 7.87. The van der Waals surface area contributed by atoms with E-state index in [0.29, 0.717) is 5.41 Å². The Labute approximate surface area is 126 Å². The summed E-state index contributed by atoms with van der Waals surface area (Å²) in [6.45, 7) is 3.95. The van der Waals surface area contributed by atoms with E-state index in [9.17, 15) is 4.79 Å². The quantitative estimate of drug-likeness (QED) is 0.908. The lowest BCUT2D eigenvalue weighted by molar-refractivity contribution is 0.0434. The number of carbonyl (C=O) groups excluding carboxylic acids is 1. The van der Waals surface area contributed by atoms with Gasteiger partial charge in [-0.25, -0.2) is 0 Å². The summed E-state index contributed by atoms with van der Waals surface area (Å²) in [7, 11) is 1.64. The summed E-state index contributed by atoms with van der Waals surface area (Å²) in [5, 5.41) is 3.51. The van der Waals surface area contributed by atoms with Gasteiger partial charge in [-0.05, 0) is 56.5 Å². The number of piperidine rings is 2. The molecule has 114 valence electrons. The smallest absolute Gasteiger partial charge is 0.253 e. The third-order valence-corrected chi connectivity index (χ3v) is 4.85. The zero-order valence-corrected chi connectivity index (χ0v) is 12.7. The molecule has 0 saturated carbocycles. The van der Waals surface area contributed by atoms with E-state index in [0.717, 1.165) is 43.9 Å². The minimum Gasteiger partial charge on any atom is -0.497 e. The predicted octanol–water partition coefficient (Wildman–Crippen LogP) is 2.30. The van der Waals surface area contributed by atoms with Crippen LogP contribution in [-0.4, -0.2) is 44.1 Å². The van der Waals surface area contributed by atoms with Crippen LogP contribution in [0.15, 0.2) is 24.3 Å². The molecule has 1 amide bonds. The van der Waals surface area contributed by atoms with Gasteiger partial charge in [0, 0.05) is 30.6 Å². The molecule has 1 N–H and O–H groups in total. The number of hydrogen-bond acceptors (Lipinski definition) is 3. The van der Waals surface area contributed by atoms with Crippen LogP contribution in [0.3, 0.4) is 0 Å². The Morgan fingerprint density at radius 2 is 2.00 bits per heavy atom. The van der Waals surface area contributed by atoms with Crippen molar-refractivity contribution in [1.82, 2.24) is 10.2 Å². The van der Waals surface area contributed by atoms with E-state index >= 15 is 0 Å². The van der Waals surface area contributed by atoms with Crippen LogP contribution in [0.2, 0.25) is 0 Å². The summed E-state index contributed by atoms with van der Waals surface area (Å²) in [4.78, 5) is 14.7. The molecule has 2 saturated heterocycles. The number of likely N-dealkylation sites (tertiary alicyclic amines) is 1. The van der Waals surface area contributed by atoms with Gasteiger partial charge in [0.25, 0.3) is 5.91 Å². The summed E-state index contributed by atoms with van der Waals surface area (Å²) in [5.41, 5.74) is 1.06. The number of nitrogens with zero attached hydrogens (tertiary/aromatic N) is 1. The molecule has 2 fully saturated rings. The molecule has 3 rings (SSSR count). The van der Waals surface area contributed by atoms with Crippen molar-refractivity contribution >= 4 is 5.91 Å². The molecule has 1 atom stereocenters. The van der Waals surface area contributed by atoms with Crippen molar-refractivity contribution in [2.45, 2.75) is 25.7 Å². The second-order valence-electron chi connectivity index (χ2n) is 6.34. The number of benzene rings is 1. The summed E-state index contributed by atoms with van der Waals surface area (Å²) in [6.07, 6.45) is 4.83. The van der Waals surface area contributed by atoms with Crippen molar-refractivity contribution in [1.29, 1.82) is 0 Å². The van der Waals surface area contributed by atoms with E-state index < -0.39 is 0 Å². The highest BCUT2D eigenvalue weighted by molar-refractivity contribution is 5.94. The van der Waals surface area contributed by atoms with Crippen LogP contribution in [0.5, 0.6) is 5.75 Å². The summed E-state index contributed by atoms with van der Waals surface area (Å²) in [5.74, 6) is 0.945. The molecule has 1 spiro atoms. The Bertz CT molecular complexity index is 487. The Morgan fingerprint density at radius 3 is 2.67 bits per heavy atom. The van der Waals surface area contributed by atoms with E-state index in [1.54, 1.807) is 7.11 Å². The molecule has 0 radical (unpaired) electrons. The van der Waals surface area contributed by atoms with Gasteiger partial charge in [0.15, 0.2) is 0 Å². The van der Waals surface area contributed by atoms with E-state index in [-0.39, 0.29) is 5.91 Å². The van der Waals surface area contributed by atoms with Gasteiger partial charge in [-0.15, -0.1) is 0 Å². The number of carbonyl (C=O) groups is 1. The maximum Gasteiger partial charge on any atom is 0.253 e. The molecule has 1 aromatic rings. The Morgan fingerprint density at radius 1 is 1.24 bits per heavy atom. The minimum absolute atomic E-state index is 0.155. The van der Waals surface area contributed by atoms with E-state index in [2.05, 4.69) is 5.32 Å². The lowest BCUT2D eigenvalue weighted by Gasteiger charge is -2.45. The van der Waals surface area contributed by atoms with Crippen molar-refractivity contribution < 1.29 is 9.53 Å². The number of amides is 1. The van der Waals surface area contributed by atoms with Crippen LogP contribution in [0, 0.1) is 5.41 Å². The van der Waals surface area contributed by atoms with Gasteiger partial charge in [-0.1, -0.05) is 0 Å². The highest BCUT2D eigenvalue weighted by Gasteiger charge is 2.38. The molecule has 2 aliphatic rings. The average Bonchev–Trinajstić information content (AvgIpc) is 2.55. The SMILES string of the molecule is COc1ccc(C(=O)N2CCCC3(CCCNC3)C2)cc1. The van der Waals surface area contributed by atoms with E-state index in [4.69, 9.17) is 4.74 Å². The van der Waals surface area contributed by atoms with E-state index in [1.165, 1.54) is 19.3 Å². The lowest BCUT2D eigenvalue weighted by atomic mass is 9.74. The van der Waals surface area contributed by atoms with Crippen LogP contribution >= 0.6 is 0 Å². The summed E-state index contributed by atoms with van der Waals surface area (Å²) < 4.78 is 5.15. The molecular weight excluding hydrogens is 264 g/mol. The van der Waals surface area contributed by atoms with E-state index in [1.807, 2.05) is 29.2 Å². The molecule has 2 aliphatic heterocycles. The van der Waals surface area contributed by atoms with Gasteiger partial charge >= 0.3 is 0 Å². The number of ether oxygens (including phenoxy) is 1. The van der Waals surface area contributed by atoms with Gasteiger partial charge in [0.1, 0.15) is 5.75 Å². The molecular formula is C17H24N2O2. The Hall–Kier alpha value is -1.55. The zero-order chi connectivity index (χ0) is 14.7. The maximum absolute atomic E-state index is 12.7. The van der Waals surface area contributed by atoms with Crippen LogP contribution in [-0.2, 0) is 0 Å². The fraction of sp³-hybridized carbons (Fsp3) is 0.588. The molecule has 1 unspecified atom stereocenters. The molecule has 0 aliphatic carbocycles. The predicted molar refractivity (Wildman–Crippen MR) is 82.7 cm³/mol. The maximum atomic E-state index is 12.7. The highest BCUT2D eigenvalue weighted by Crippen LogP contribution is 2.36. The van der Waals surface area contributed by atoms with Gasteiger partial charge in [-0.3, -0.25) is 4.79 Å². The zero-order valence-electron chi connectivity index (χ0n) is 12.7. The average molecular weight is 288 g/mol. The van der Waals surface area contributed by atoms with Gasteiger partial charge in [-0.2, -0.15) is 0 Å². The second-order valence-corrected chi connectivity index (χ2v) is 6.34. The fourth-order valence-electron chi connectivity index (χ4n) is 3.68. The van der Waals surface area contributed by atoms with Crippen LogP contribution in [0.25, 0.3) is 0 Å². The molecule has 4 heteroatoms. The van der Waals surface area contributed by atoms with Crippen molar-refractivity contribution in [3.05, 3.63) is 29.8 Å². The standard InChI is InChI=1S/C17H24N2O2/c1-21-15-6-4-14(5-7-15)16(20)19-11-3-9-17(13-19)8-2-10-18-12-17/h4-7,18H,2-3,8-13H2,1H3. The monoisotopic (exact) mass is 288 g/mol. The summed E-state index contributed by atoms with van der Waals surface area (Å²) >= 11 is 0. The first kappa shape index (κ1) is 14.4. The normalized spacial score (nSPS) is 25.9. The van der Waals surface area contributed by atoms with Crippen LogP contribution < -0.4 is 10.1 Å². The van der Waals surface area contributed by atoms with Gasteiger partial charge in [0.2, 0.25) is 0 Å². The lowest BCUT2D eigenvalue weighted by Crippen LogP contribution is -2.52. The van der Waals surface area contributed by atoms with Crippen LogP contribution in [0.4, 0.5) is 0 Å². The largest absolute Gasteiger partial charge is 0.497 e. The molecule has 4 nitrogen and oxygen atoms in total. The first-order chi connectivity index (χ1) is 10.2. The topological polar surface area (TPSA) is 41.6 Å². The van der Waals surface area contributed by atoms with Crippen molar-refractivity contribution in [3.8, 4) is 5.75 Å². The number of nitrogens with one attached hydrogen (secondary N) is 1. The minimum atomic E-state index is 0.155. The fourth-order valence-corrected chi connectivity index (χ4v) is 3.68. The van der Waals surface area contributed by atoms with Gasteiger partial charge in [0.05, 0.1) is 7.11 Å². The Balaban J connectivity index is 1.71. The third kappa shape index (κ3) is 3.05. The Kier molecular flexibility index (Phi) is 4.15. The summed E-state index contributed by atoms with van der Waals surface area (Å²) in [6, 6.07) is 7.44. The van der Waals surface area contributed by atoms with Crippen molar-refractivity contribution in [2.75, 3.05) is 33.3 Å². The molecule has 0 bridgehead atoms. The van der Waals surface area contributed by atoms with Crippen molar-refractivity contribution in [3.63, 3.8) is 0 Å². The number of hydrogen-bond donors (Lipinski definition) is 1. The molecule has 0 aromatic heterocycles. The molecule has 21 heavy (non-hydrogen) atoms. The van der Waals surface area contributed by atoms with Crippen molar-refractivity contribution in [2.24, 2.45) is 5.41 Å². The highest BCUT2D eigenvalue weighted by atomic mass is 16.5. The molecule has 1 aromatic carbocycles. The number of methoxy groups -OCH3 is 1.